The van der Waals surface area contributed by atoms with Gasteiger partial charge < -0.3 is 0 Å². The molecule has 0 aliphatic heterocycles. The smallest absolute Gasteiger partial charge is 0.0169 e. The fraction of sp³-hybridized carbons (Fsp3) is 0.652. The molecule has 1 aromatic carbocycles. The van der Waals surface area contributed by atoms with Crippen LogP contribution in [0.15, 0.2) is 30.3 Å². The fourth-order valence-electron chi connectivity index (χ4n) is 4.62. The Balaban J connectivity index is 1.51. The van der Waals surface area contributed by atoms with E-state index in [4.69, 9.17) is 0 Å². The van der Waals surface area contributed by atoms with Crippen LogP contribution in [0.3, 0.4) is 0 Å². The zero-order valence-electron chi connectivity index (χ0n) is 15.6. The van der Waals surface area contributed by atoms with E-state index in [-0.39, 0.29) is 0 Å². The molecule has 0 N–H and O–H groups in total. The summed E-state index contributed by atoms with van der Waals surface area (Å²) in [4.78, 5) is 2.66. The summed E-state index contributed by atoms with van der Waals surface area (Å²) < 4.78 is 0. The lowest BCUT2D eigenvalue weighted by molar-refractivity contribution is 0.181. The third kappa shape index (κ3) is 4.96. The SMILES string of the molecule is CCN(CC=Cc1ccc(C2CCCCC2)cc1)C1CCCCC1. The summed E-state index contributed by atoms with van der Waals surface area (Å²) in [6.45, 7) is 4.59. The highest BCUT2D eigenvalue weighted by Gasteiger charge is 2.18. The summed E-state index contributed by atoms with van der Waals surface area (Å²) in [5, 5.41) is 0. The fourth-order valence-corrected chi connectivity index (χ4v) is 4.62. The van der Waals surface area contributed by atoms with Crippen LogP contribution in [0, 0.1) is 0 Å². The maximum absolute atomic E-state index is 2.66. The highest BCUT2D eigenvalue weighted by Crippen LogP contribution is 2.32. The molecule has 0 amide bonds. The third-order valence-corrected chi connectivity index (χ3v) is 6.16. The maximum Gasteiger partial charge on any atom is 0.0169 e. The molecule has 2 aliphatic carbocycles. The number of hydrogen-bond donors (Lipinski definition) is 0. The van der Waals surface area contributed by atoms with Crippen LogP contribution in [0.1, 0.15) is 88.2 Å². The van der Waals surface area contributed by atoms with Crippen molar-refractivity contribution in [2.45, 2.75) is 83.1 Å². The molecular formula is C23H35N. The molecule has 0 aromatic heterocycles. The maximum atomic E-state index is 2.66. The Morgan fingerprint density at radius 3 is 2.12 bits per heavy atom. The number of nitrogens with zero attached hydrogens (tertiary/aromatic N) is 1. The first-order valence-corrected chi connectivity index (χ1v) is 10.4. The van der Waals surface area contributed by atoms with E-state index in [9.17, 15) is 0 Å². The van der Waals surface area contributed by atoms with Crippen molar-refractivity contribution < 1.29 is 0 Å². The molecule has 2 fully saturated rings. The predicted molar refractivity (Wildman–Crippen MR) is 105 cm³/mol. The molecule has 24 heavy (non-hydrogen) atoms. The lowest BCUT2D eigenvalue weighted by Crippen LogP contribution is -2.36. The van der Waals surface area contributed by atoms with E-state index in [2.05, 4.69) is 48.2 Å². The van der Waals surface area contributed by atoms with Crippen molar-refractivity contribution in [2.75, 3.05) is 13.1 Å². The molecule has 0 bridgehead atoms. The summed E-state index contributed by atoms with van der Waals surface area (Å²) in [5.41, 5.74) is 2.92. The zero-order valence-corrected chi connectivity index (χ0v) is 15.6. The van der Waals surface area contributed by atoms with Gasteiger partial charge in [-0.15, -0.1) is 0 Å². The van der Waals surface area contributed by atoms with Crippen molar-refractivity contribution in [3.8, 4) is 0 Å². The molecule has 132 valence electrons. The summed E-state index contributed by atoms with van der Waals surface area (Å²) in [5.74, 6) is 0.818. The monoisotopic (exact) mass is 325 g/mol. The van der Waals surface area contributed by atoms with Crippen LogP contribution in [-0.2, 0) is 0 Å². The summed E-state index contributed by atoms with van der Waals surface area (Å²) in [7, 11) is 0. The molecule has 2 saturated carbocycles. The molecule has 0 unspecified atom stereocenters. The standard InChI is InChI=1S/C23H35N/c1-2-24(23-13-7-4-8-14-23)19-9-10-20-15-17-22(18-16-20)21-11-5-3-6-12-21/h9-10,15-18,21,23H,2-8,11-14,19H2,1H3. The van der Waals surface area contributed by atoms with Gasteiger partial charge in [-0.2, -0.15) is 0 Å². The molecule has 2 aliphatic rings. The lowest BCUT2D eigenvalue weighted by Gasteiger charge is -2.32. The van der Waals surface area contributed by atoms with Gasteiger partial charge in [-0.05, 0) is 49.3 Å². The first-order chi connectivity index (χ1) is 11.9. The Bertz CT molecular complexity index is 489. The predicted octanol–water partition coefficient (Wildman–Crippen LogP) is 6.40. The number of benzene rings is 1. The summed E-state index contributed by atoms with van der Waals surface area (Å²) >= 11 is 0. The van der Waals surface area contributed by atoms with Gasteiger partial charge in [0.05, 0.1) is 0 Å². The average Bonchev–Trinajstić information content (AvgIpc) is 2.67. The molecule has 0 radical (unpaired) electrons. The second-order valence-corrected chi connectivity index (χ2v) is 7.78. The molecule has 1 aromatic rings. The van der Waals surface area contributed by atoms with Crippen molar-refractivity contribution in [1.29, 1.82) is 0 Å². The van der Waals surface area contributed by atoms with Gasteiger partial charge in [0.2, 0.25) is 0 Å². The van der Waals surface area contributed by atoms with Crippen molar-refractivity contribution in [1.82, 2.24) is 4.90 Å². The van der Waals surface area contributed by atoms with Gasteiger partial charge in [0.1, 0.15) is 0 Å². The van der Waals surface area contributed by atoms with E-state index in [1.807, 2.05) is 0 Å². The minimum atomic E-state index is 0.818. The topological polar surface area (TPSA) is 3.24 Å². The van der Waals surface area contributed by atoms with Crippen LogP contribution in [0.4, 0.5) is 0 Å². The minimum Gasteiger partial charge on any atom is -0.297 e. The van der Waals surface area contributed by atoms with Crippen molar-refractivity contribution in [3.05, 3.63) is 41.5 Å². The Labute approximate surface area is 149 Å². The largest absolute Gasteiger partial charge is 0.297 e. The van der Waals surface area contributed by atoms with Crippen LogP contribution in [-0.4, -0.2) is 24.0 Å². The summed E-state index contributed by atoms with van der Waals surface area (Å²) in [6, 6.07) is 10.2. The molecule has 0 heterocycles. The number of likely N-dealkylation sites (N-methyl/N-ethyl adjacent to an activating group) is 1. The van der Waals surface area contributed by atoms with Crippen molar-refractivity contribution in [3.63, 3.8) is 0 Å². The first-order valence-electron chi connectivity index (χ1n) is 10.4. The van der Waals surface area contributed by atoms with Gasteiger partial charge in [0.25, 0.3) is 0 Å². The third-order valence-electron chi connectivity index (χ3n) is 6.16. The van der Waals surface area contributed by atoms with E-state index in [0.717, 1.165) is 18.5 Å². The number of rotatable bonds is 6. The molecule has 1 heteroatoms. The van der Waals surface area contributed by atoms with Crippen LogP contribution in [0.2, 0.25) is 0 Å². The van der Waals surface area contributed by atoms with Crippen molar-refractivity contribution in [2.24, 2.45) is 0 Å². The highest BCUT2D eigenvalue weighted by molar-refractivity contribution is 5.50. The van der Waals surface area contributed by atoms with E-state index in [1.165, 1.54) is 76.3 Å². The van der Waals surface area contributed by atoms with Crippen LogP contribution < -0.4 is 0 Å². The van der Waals surface area contributed by atoms with E-state index in [1.54, 1.807) is 5.56 Å². The molecule has 1 nitrogen and oxygen atoms in total. The first kappa shape index (κ1) is 17.7. The van der Waals surface area contributed by atoms with Gasteiger partial charge in [-0.25, -0.2) is 0 Å². The second kappa shape index (κ2) is 9.42. The zero-order chi connectivity index (χ0) is 16.6. The molecule has 0 atom stereocenters. The van der Waals surface area contributed by atoms with E-state index < -0.39 is 0 Å². The van der Waals surface area contributed by atoms with Gasteiger partial charge in [-0.1, -0.05) is 81.9 Å². The van der Waals surface area contributed by atoms with Crippen LogP contribution in [0.25, 0.3) is 6.08 Å². The molecule has 0 saturated heterocycles. The highest BCUT2D eigenvalue weighted by atomic mass is 15.1. The Kier molecular flexibility index (Phi) is 6.96. The van der Waals surface area contributed by atoms with E-state index >= 15 is 0 Å². The van der Waals surface area contributed by atoms with Crippen LogP contribution >= 0.6 is 0 Å². The molecule has 0 spiro atoms. The Morgan fingerprint density at radius 1 is 0.875 bits per heavy atom. The van der Waals surface area contributed by atoms with Gasteiger partial charge >= 0.3 is 0 Å². The normalized spacial score (nSPS) is 20.9. The van der Waals surface area contributed by atoms with E-state index in [0.29, 0.717) is 0 Å². The molecule has 3 rings (SSSR count). The number of hydrogen-bond acceptors (Lipinski definition) is 1. The van der Waals surface area contributed by atoms with Gasteiger partial charge in [0.15, 0.2) is 0 Å². The van der Waals surface area contributed by atoms with Crippen molar-refractivity contribution >= 4 is 6.08 Å². The Morgan fingerprint density at radius 2 is 1.50 bits per heavy atom. The summed E-state index contributed by atoms with van der Waals surface area (Å²) in [6.07, 6.45) is 18.8. The average molecular weight is 326 g/mol. The van der Waals surface area contributed by atoms with Crippen LogP contribution in [0.5, 0.6) is 0 Å². The van der Waals surface area contributed by atoms with Gasteiger partial charge in [-0.3, -0.25) is 4.90 Å². The quantitative estimate of drug-likeness (QED) is 0.584. The van der Waals surface area contributed by atoms with Gasteiger partial charge in [0, 0.05) is 12.6 Å². The second-order valence-electron chi connectivity index (χ2n) is 7.78. The lowest BCUT2D eigenvalue weighted by atomic mass is 9.84. The molecular weight excluding hydrogens is 290 g/mol. The minimum absolute atomic E-state index is 0.818. The Hall–Kier alpha value is -1.08.